The van der Waals surface area contributed by atoms with Crippen LogP contribution in [0.2, 0.25) is 0 Å². The molecule has 0 radical (unpaired) electrons. The summed E-state index contributed by atoms with van der Waals surface area (Å²) in [5.74, 6) is -0.0654. The molecule has 1 N–H and O–H groups in total. The Morgan fingerprint density at radius 2 is 2.09 bits per heavy atom. The molecule has 1 saturated heterocycles. The number of morpholine rings is 1. The van der Waals surface area contributed by atoms with Crippen LogP contribution in [0.4, 0.5) is 10.8 Å². The molecular weight excluding hydrogens is 438 g/mol. The minimum atomic E-state index is -0.0654. The molecule has 1 aliphatic heterocycles. The summed E-state index contributed by atoms with van der Waals surface area (Å²) in [6.07, 6.45) is 2.38. The van der Waals surface area contributed by atoms with Gasteiger partial charge >= 0.3 is 0 Å². The number of aryl methyl sites for hydroxylation is 2. The van der Waals surface area contributed by atoms with Crippen LogP contribution < -0.4 is 10.2 Å². The maximum atomic E-state index is 12.7. The third-order valence-electron chi connectivity index (χ3n) is 5.87. The molecule has 5 rings (SSSR count). The summed E-state index contributed by atoms with van der Waals surface area (Å²) in [4.78, 5) is 24.2. The zero-order valence-corrected chi connectivity index (χ0v) is 19.3. The molecule has 4 aromatic rings. The van der Waals surface area contributed by atoms with Gasteiger partial charge in [-0.05, 0) is 44.0 Å². The standard InChI is InChI=1S/C23H23N7O2S/c1-14-18(15(2)30-22(26-14)16(12-24)13-25-30)4-6-21(31)27-17-3-5-19-20(11-17)33-23(28-19)29-7-9-32-10-8-29/h3,5,11,13H,4,6-10H2,1-2H3,(H,27,31). The van der Waals surface area contributed by atoms with Crippen LogP contribution in [0.25, 0.3) is 15.9 Å². The van der Waals surface area contributed by atoms with Gasteiger partial charge in [-0.3, -0.25) is 4.79 Å². The van der Waals surface area contributed by atoms with Crippen molar-refractivity contribution in [2.45, 2.75) is 26.7 Å². The number of carbonyl (C=O) groups excluding carboxylic acids is 1. The van der Waals surface area contributed by atoms with Gasteiger partial charge in [-0.15, -0.1) is 0 Å². The summed E-state index contributed by atoms with van der Waals surface area (Å²) in [6.45, 7) is 6.97. The molecule has 1 aliphatic rings. The fourth-order valence-electron chi connectivity index (χ4n) is 4.09. The second-order valence-corrected chi connectivity index (χ2v) is 9.00. The number of hydrogen-bond acceptors (Lipinski definition) is 8. The van der Waals surface area contributed by atoms with E-state index in [1.54, 1.807) is 15.9 Å². The van der Waals surface area contributed by atoms with E-state index in [1.807, 2.05) is 32.0 Å². The Kier molecular flexibility index (Phi) is 5.66. The maximum Gasteiger partial charge on any atom is 0.224 e. The number of benzene rings is 1. The number of nitrogens with one attached hydrogen (secondary N) is 1. The molecule has 0 atom stereocenters. The number of nitrogens with zero attached hydrogens (tertiary/aromatic N) is 6. The van der Waals surface area contributed by atoms with Crippen molar-refractivity contribution in [2.24, 2.45) is 0 Å². The molecule has 1 amide bonds. The molecule has 168 valence electrons. The first-order valence-corrected chi connectivity index (χ1v) is 11.6. The van der Waals surface area contributed by atoms with Gasteiger partial charge in [-0.25, -0.2) is 14.5 Å². The lowest BCUT2D eigenvalue weighted by Crippen LogP contribution is -2.36. The number of nitriles is 1. The molecule has 0 unspecified atom stereocenters. The van der Waals surface area contributed by atoms with E-state index in [0.29, 0.717) is 24.1 Å². The molecule has 1 fully saturated rings. The van der Waals surface area contributed by atoms with Crippen molar-refractivity contribution >= 4 is 43.9 Å². The molecule has 0 saturated carbocycles. The van der Waals surface area contributed by atoms with Gasteiger partial charge in [0.1, 0.15) is 11.6 Å². The minimum absolute atomic E-state index is 0.0654. The number of rotatable bonds is 5. The second kappa shape index (κ2) is 8.77. The second-order valence-electron chi connectivity index (χ2n) is 7.99. The van der Waals surface area contributed by atoms with E-state index >= 15 is 0 Å². The first-order chi connectivity index (χ1) is 16.0. The Morgan fingerprint density at radius 3 is 2.88 bits per heavy atom. The predicted molar refractivity (Wildman–Crippen MR) is 127 cm³/mol. The number of fused-ring (bicyclic) bond motifs is 2. The van der Waals surface area contributed by atoms with Crippen LogP contribution in [0.3, 0.4) is 0 Å². The highest BCUT2D eigenvalue weighted by molar-refractivity contribution is 7.22. The Hall–Kier alpha value is -3.55. The van der Waals surface area contributed by atoms with Crippen molar-refractivity contribution in [1.29, 1.82) is 5.26 Å². The summed E-state index contributed by atoms with van der Waals surface area (Å²) in [6, 6.07) is 7.93. The normalized spacial score (nSPS) is 14.0. The molecule has 0 aliphatic carbocycles. The van der Waals surface area contributed by atoms with Crippen LogP contribution in [-0.2, 0) is 16.0 Å². The fourth-order valence-corrected chi connectivity index (χ4v) is 5.15. The Bertz CT molecular complexity index is 1400. The summed E-state index contributed by atoms with van der Waals surface area (Å²) < 4.78 is 8.13. The number of ether oxygens (including phenoxy) is 1. The smallest absolute Gasteiger partial charge is 0.224 e. The van der Waals surface area contributed by atoms with Crippen LogP contribution >= 0.6 is 11.3 Å². The molecule has 1 aromatic carbocycles. The van der Waals surface area contributed by atoms with Crippen LogP contribution in [0.1, 0.15) is 28.9 Å². The van der Waals surface area contributed by atoms with Crippen LogP contribution in [-0.4, -0.2) is 51.8 Å². The van der Waals surface area contributed by atoms with Crippen molar-refractivity contribution in [3.63, 3.8) is 0 Å². The average Bonchev–Trinajstić information content (AvgIpc) is 3.43. The third kappa shape index (κ3) is 4.13. The Balaban J connectivity index is 1.28. The van der Waals surface area contributed by atoms with Gasteiger partial charge in [-0.1, -0.05) is 11.3 Å². The summed E-state index contributed by atoms with van der Waals surface area (Å²) in [7, 11) is 0. The molecule has 4 heterocycles. The van der Waals surface area contributed by atoms with Gasteiger partial charge in [0.15, 0.2) is 10.8 Å². The van der Waals surface area contributed by atoms with E-state index in [1.165, 1.54) is 6.20 Å². The predicted octanol–water partition coefficient (Wildman–Crippen LogP) is 3.24. The van der Waals surface area contributed by atoms with E-state index in [2.05, 4.69) is 26.4 Å². The highest BCUT2D eigenvalue weighted by Gasteiger charge is 2.17. The van der Waals surface area contributed by atoms with E-state index < -0.39 is 0 Å². The first kappa shape index (κ1) is 21.3. The zero-order chi connectivity index (χ0) is 22.9. The van der Waals surface area contributed by atoms with E-state index in [0.717, 1.165) is 64.3 Å². The van der Waals surface area contributed by atoms with E-state index in [-0.39, 0.29) is 5.91 Å². The highest BCUT2D eigenvalue weighted by atomic mass is 32.1. The van der Waals surface area contributed by atoms with Crippen molar-refractivity contribution in [3.8, 4) is 6.07 Å². The number of hydrogen-bond donors (Lipinski definition) is 1. The SMILES string of the molecule is Cc1nc2c(C#N)cnn2c(C)c1CCC(=O)Nc1ccc2nc(N3CCOCC3)sc2c1. The number of carbonyl (C=O) groups is 1. The topological polar surface area (TPSA) is 108 Å². The molecule has 10 heteroatoms. The molecular formula is C23H23N7O2S. The quantitative estimate of drug-likeness (QED) is 0.486. The van der Waals surface area contributed by atoms with Gasteiger partial charge in [0.05, 0.1) is 29.6 Å². The lowest BCUT2D eigenvalue weighted by atomic mass is 10.1. The zero-order valence-electron chi connectivity index (χ0n) is 18.5. The number of amides is 1. The fraction of sp³-hybridized carbons (Fsp3) is 0.348. The van der Waals surface area contributed by atoms with Gasteiger partial charge in [0.25, 0.3) is 0 Å². The monoisotopic (exact) mass is 461 g/mol. The first-order valence-electron chi connectivity index (χ1n) is 10.8. The van der Waals surface area contributed by atoms with E-state index in [9.17, 15) is 10.1 Å². The summed E-state index contributed by atoms with van der Waals surface area (Å²) >= 11 is 1.63. The van der Waals surface area contributed by atoms with Crippen LogP contribution in [0, 0.1) is 25.2 Å². The average molecular weight is 462 g/mol. The van der Waals surface area contributed by atoms with Crippen molar-refractivity contribution < 1.29 is 9.53 Å². The number of thiazole rings is 1. The minimum Gasteiger partial charge on any atom is -0.378 e. The van der Waals surface area contributed by atoms with Gasteiger partial charge in [0.2, 0.25) is 5.91 Å². The lowest BCUT2D eigenvalue weighted by Gasteiger charge is -2.25. The molecule has 33 heavy (non-hydrogen) atoms. The molecule has 3 aromatic heterocycles. The Labute approximate surface area is 194 Å². The van der Waals surface area contributed by atoms with Crippen molar-refractivity contribution in [1.82, 2.24) is 19.6 Å². The van der Waals surface area contributed by atoms with Gasteiger partial charge < -0.3 is 15.0 Å². The number of anilines is 2. The van der Waals surface area contributed by atoms with Gasteiger partial charge in [-0.2, -0.15) is 10.4 Å². The largest absolute Gasteiger partial charge is 0.378 e. The van der Waals surface area contributed by atoms with Gasteiger partial charge in [0, 0.05) is 36.6 Å². The van der Waals surface area contributed by atoms with Crippen molar-refractivity contribution in [3.05, 3.63) is 46.9 Å². The van der Waals surface area contributed by atoms with Crippen LogP contribution in [0.5, 0.6) is 0 Å². The summed E-state index contributed by atoms with van der Waals surface area (Å²) in [5.41, 5.74) is 5.37. The Morgan fingerprint density at radius 1 is 1.27 bits per heavy atom. The highest BCUT2D eigenvalue weighted by Crippen LogP contribution is 2.31. The van der Waals surface area contributed by atoms with Crippen LogP contribution in [0.15, 0.2) is 24.4 Å². The molecule has 0 bridgehead atoms. The molecule has 0 spiro atoms. The molecule has 9 nitrogen and oxygen atoms in total. The van der Waals surface area contributed by atoms with Crippen molar-refractivity contribution in [2.75, 3.05) is 36.5 Å². The summed E-state index contributed by atoms with van der Waals surface area (Å²) in [5, 5.41) is 17.5. The van der Waals surface area contributed by atoms with E-state index in [4.69, 9.17) is 9.72 Å². The number of aromatic nitrogens is 4. The maximum absolute atomic E-state index is 12.7. The third-order valence-corrected chi connectivity index (χ3v) is 6.95. The lowest BCUT2D eigenvalue weighted by molar-refractivity contribution is -0.116.